The summed E-state index contributed by atoms with van der Waals surface area (Å²) in [5, 5.41) is 6.70. The van der Waals surface area contributed by atoms with Crippen molar-refractivity contribution < 1.29 is 35.8 Å². The highest BCUT2D eigenvalue weighted by atomic mass is 19.4. The Kier molecular flexibility index (Phi) is 7.15. The van der Waals surface area contributed by atoms with Gasteiger partial charge in [-0.25, -0.2) is 4.98 Å². The van der Waals surface area contributed by atoms with Gasteiger partial charge in [0.15, 0.2) is 12.1 Å². The molecular weight excluding hydrogens is 478 g/mol. The first-order valence-electron chi connectivity index (χ1n) is 10.7. The molecule has 1 aliphatic rings. The van der Waals surface area contributed by atoms with E-state index in [1.807, 2.05) is 35.2 Å². The Labute approximate surface area is 196 Å². The van der Waals surface area contributed by atoms with E-state index in [9.17, 15) is 26.3 Å². The van der Waals surface area contributed by atoms with Crippen LogP contribution in [0.4, 0.5) is 26.3 Å². The fourth-order valence-corrected chi connectivity index (χ4v) is 3.98. The molecule has 0 unspecified atom stereocenters. The van der Waals surface area contributed by atoms with Gasteiger partial charge in [-0.05, 0) is 36.2 Å². The minimum Gasteiger partial charge on any atom is -0.349 e. The van der Waals surface area contributed by atoms with Crippen molar-refractivity contribution in [3.8, 4) is 0 Å². The molecule has 0 bridgehead atoms. The van der Waals surface area contributed by atoms with Gasteiger partial charge in [0.05, 0.1) is 36.4 Å². The molecule has 35 heavy (non-hydrogen) atoms. The van der Waals surface area contributed by atoms with E-state index in [1.165, 1.54) is 13.3 Å². The monoisotopic (exact) mass is 500 g/mol. The number of aromatic nitrogens is 3. The molecule has 0 amide bonds. The van der Waals surface area contributed by atoms with E-state index in [0.29, 0.717) is 31.0 Å². The third-order valence-corrected chi connectivity index (χ3v) is 5.68. The molecule has 1 aromatic heterocycles. The van der Waals surface area contributed by atoms with Crippen molar-refractivity contribution in [1.82, 2.24) is 20.1 Å². The zero-order chi connectivity index (χ0) is 25.2. The molecule has 0 aliphatic carbocycles. The molecule has 3 aromatic rings. The number of hydrogen-bond donors (Lipinski definition) is 1. The Morgan fingerprint density at radius 3 is 2.29 bits per heavy atom. The van der Waals surface area contributed by atoms with Crippen LogP contribution in [0.5, 0.6) is 0 Å². The minimum atomic E-state index is -4.95. The summed E-state index contributed by atoms with van der Waals surface area (Å²) in [5.74, 6) is 0.521. The van der Waals surface area contributed by atoms with E-state index in [4.69, 9.17) is 9.47 Å². The van der Waals surface area contributed by atoms with Crippen molar-refractivity contribution in [2.45, 2.75) is 44.3 Å². The van der Waals surface area contributed by atoms with Crippen molar-refractivity contribution in [3.63, 3.8) is 0 Å². The van der Waals surface area contributed by atoms with Gasteiger partial charge in [-0.1, -0.05) is 30.3 Å². The maximum atomic E-state index is 13.3. The molecule has 3 atom stereocenters. The highest BCUT2D eigenvalue weighted by molar-refractivity contribution is 5.34. The fraction of sp³-hybridized carbons (Fsp3) is 0.391. The lowest BCUT2D eigenvalue weighted by atomic mass is 10.0. The first-order valence-corrected chi connectivity index (χ1v) is 10.7. The zero-order valence-corrected chi connectivity index (χ0v) is 18.5. The van der Waals surface area contributed by atoms with Crippen LogP contribution in [-0.4, -0.2) is 39.5 Å². The smallest absolute Gasteiger partial charge is 0.349 e. The summed E-state index contributed by atoms with van der Waals surface area (Å²) in [4.78, 5) is 6.13. The third-order valence-electron chi connectivity index (χ3n) is 5.68. The Morgan fingerprint density at radius 1 is 1.06 bits per heavy atom. The zero-order valence-electron chi connectivity index (χ0n) is 18.5. The van der Waals surface area contributed by atoms with E-state index in [2.05, 4.69) is 15.2 Å². The van der Waals surface area contributed by atoms with Crippen LogP contribution in [0.1, 0.15) is 47.1 Å². The Morgan fingerprint density at radius 2 is 1.71 bits per heavy atom. The molecule has 1 fully saturated rings. The average Bonchev–Trinajstić information content (AvgIpc) is 3.31. The molecule has 0 saturated carbocycles. The lowest BCUT2D eigenvalue weighted by Gasteiger charge is -2.41. The van der Waals surface area contributed by atoms with Gasteiger partial charge in [0.2, 0.25) is 0 Å². The number of halogens is 6. The van der Waals surface area contributed by atoms with Gasteiger partial charge in [0.25, 0.3) is 0 Å². The first kappa shape index (κ1) is 25.1. The fourth-order valence-electron chi connectivity index (χ4n) is 3.98. The van der Waals surface area contributed by atoms with Crippen LogP contribution in [0.3, 0.4) is 0 Å². The lowest BCUT2D eigenvalue weighted by molar-refractivity contribution is -0.231. The number of benzene rings is 2. The molecule has 1 aliphatic heterocycles. The Balaban J connectivity index is 1.64. The minimum absolute atomic E-state index is 0.0959. The normalized spacial score (nSPS) is 20.7. The molecule has 2 heterocycles. The van der Waals surface area contributed by atoms with Gasteiger partial charge in [0, 0.05) is 6.54 Å². The lowest BCUT2D eigenvalue weighted by Crippen LogP contribution is -2.46. The van der Waals surface area contributed by atoms with E-state index < -0.39 is 41.9 Å². The number of ether oxygens (including phenoxy) is 2. The molecule has 4 rings (SSSR count). The second-order valence-corrected chi connectivity index (χ2v) is 8.10. The van der Waals surface area contributed by atoms with Crippen LogP contribution >= 0.6 is 0 Å². The molecule has 1 N–H and O–H groups in total. The van der Waals surface area contributed by atoms with Gasteiger partial charge in [0.1, 0.15) is 6.33 Å². The molecule has 12 heteroatoms. The molecule has 0 spiro atoms. The van der Waals surface area contributed by atoms with E-state index in [0.717, 1.165) is 5.56 Å². The second-order valence-electron chi connectivity index (χ2n) is 8.10. The highest BCUT2D eigenvalue weighted by Crippen LogP contribution is 2.39. The standard InChI is InChI=1S/C23H22F6N4O2/c1-14(16-9-17(22(24,25)26)11-18(10-16)23(27,28)29)35-21-20(15-5-3-2-4-6-15)33(7-8-34-21)12-19-30-13-31-32-19/h2-6,9-11,13-14,20-21H,7-8,12H2,1H3,(H,30,31,32)/t14-,20+,21-/m1/s1. The van der Waals surface area contributed by atoms with Crippen molar-refractivity contribution in [2.24, 2.45) is 0 Å². The van der Waals surface area contributed by atoms with Crippen LogP contribution in [-0.2, 0) is 28.4 Å². The van der Waals surface area contributed by atoms with Crippen molar-refractivity contribution in [2.75, 3.05) is 13.2 Å². The maximum absolute atomic E-state index is 13.3. The number of aromatic amines is 1. The van der Waals surface area contributed by atoms with Gasteiger partial charge in [-0.2, -0.15) is 31.4 Å². The molecule has 188 valence electrons. The molecule has 6 nitrogen and oxygen atoms in total. The van der Waals surface area contributed by atoms with E-state index in [-0.39, 0.29) is 18.2 Å². The Hall–Kier alpha value is -2.96. The number of alkyl halides is 6. The molecular formula is C23H22F6N4O2. The largest absolute Gasteiger partial charge is 0.416 e. The molecule has 0 radical (unpaired) electrons. The van der Waals surface area contributed by atoms with Crippen molar-refractivity contribution >= 4 is 0 Å². The summed E-state index contributed by atoms with van der Waals surface area (Å²) < 4.78 is 91.7. The first-order chi connectivity index (χ1) is 16.5. The molecule has 2 aromatic carbocycles. The van der Waals surface area contributed by atoms with Crippen molar-refractivity contribution in [1.29, 1.82) is 0 Å². The summed E-state index contributed by atoms with van der Waals surface area (Å²) >= 11 is 0. The van der Waals surface area contributed by atoms with E-state index in [1.54, 1.807) is 0 Å². The maximum Gasteiger partial charge on any atom is 0.416 e. The second kappa shape index (κ2) is 9.96. The summed E-state index contributed by atoms with van der Waals surface area (Å²) in [5.41, 5.74) is -2.24. The number of nitrogens with one attached hydrogen (secondary N) is 1. The quantitative estimate of drug-likeness (QED) is 0.452. The number of nitrogens with zero attached hydrogens (tertiary/aromatic N) is 3. The number of rotatable bonds is 6. The van der Waals surface area contributed by atoms with Gasteiger partial charge >= 0.3 is 12.4 Å². The Bertz CT molecular complexity index is 1070. The van der Waals surface area contributed by atoms with Crippen LogP contribution in [0.25, 0.3) is 0 Å². The topological polar surface area (TPSA) is 63.3 Å². The SMILES string of the molecule is C[C@@H](O[C@H]1OCCN(Cc2nc[nH]n2)[C@H]1c1ccccc1)c1cc(C(F)(F)F)cc(C(F)(F)F)c1. The van der Waals surface area contributed by atoms with Crippen LogP contribution in [0.2, 0.25) is 0 Å². The summed E-state index contributed by atoms with van der Waals surface area (Å²) in [6.07, 6.45) is -10.6. The third kappa shape index (κ3) is 6.00. The van der Waals surface area contributed by atoms with E-state index >= 15 is 0 Å². The van der Waals surface area contributed by atoms with Crippen LogP contribution in [0.15, 0.2) is 54.9 Å². The predicted molar refractivity (Wildman–Crippen MR) is 112 cm³/mol. The summed E-state index contributed by atoms with van der Waals surface area (Å²) in [6, 6.07) is 10.1. The average molecular weight is 500 g/mol. The van der Waals surface area contributed by atoms with Gasteiger partial charge in [-0.3, -0.25) is 10.00 Å². The summed E-state index contributed by atoms with van der Waals surface area (Å²) in [6.45, 7) is 2.46. The summed E-state index contributed by atoms with van der Waals surface area (Å²) in [7, 11) is 0. The molecule has 1 saturated heterocycles. The van der Waals surface area contributed by atoms with Crippen LogP contribution < -0.4 is 0 Å². The predicted octanol–water partition coefficient (Wildman–Crippen LogP) is 5.52. The highest BCUT2D eigenvalue weighted by Gasteiger charge is 2.39. The number of H-pyrrole nitrogens is 1. The number of morpholine rings is 1. The van der Waals surface area contributed by atoms with Crippen LogP contribution in [0, 0.1) is 0 Å². The number of hydrogen-bond acceptors (Lipinski definition) is 5. The van der Waals surface area contributed by atoms with Crippen molar-refractivity contribution in [3.05, 3.63) is 82.9 Å². The van der Waals surface area contributed by atoms with Gasteiger partial charge in [-0.15, -0.1) is 0 Å². The van der Waals surface area contributed by atoms with Gasteiger partial charge < -0.3 is 9.47 Å².